The van der Waals surface area contributed by atoms with Gasteiger partial charge in [0.2, 0.25) is 5.78 Å². The molecule has 0 aliphatic carbocycles. The predicted molar refractivity (Wildman–Crippen MR) is 71.6 cm³/mol. The number of para-hydroxylation sites is 1. The molecule has 1 amide bonds. The normalized spacial score (nSPS) is 20.3. The lowest BCUT2D eigenvalue weighted by Gasteiger charge is -2.19. The fraction of sp³-hybridized carbons (Fsp3) is 0.200. The first-order chi connectivity index (χ1) is 10.7. The first-order valence-electron chi connectivity index (χ1n) is 6.55. The van der Waals surface area contributed by atoms with Crippen molar-refractivity contribution in [3.8, 4) is 0 Å². The highest BCUT2D eigenvalue weighted by atomic mass is 19.4. The quantitative estimate of drug-likeness (QED) is 0.851. The number of benzene rings is 1. The molecular weight excluding hydrogens is 315 g/mol. The summed E-state index contributed by atoms with van der Waals surface area (Å²) in [6.07, 6.45) is -4.18. The molecule has 1 aromatic carbocycles. The van der Waals surface area contributed by atoms with Crippen molar-refractivity contribution in [2.45, 2.75) is 18.2 Å². The first kappa shape index (κ1) is 15.3. The van der Waals surface area contributed by atoms with E-state index in [2.05, 4.69) is 0 Å². The molecule has 0 spiro atoms. The van der Waals surface area contributed by atoms with E-state index in [1.807, 2.05) is 5.32 Å². The molecule has 120 valence electrons. The molecular formula is C15H10F3NO4. The number of hydrogen-bond acceptors (Lipinski definition) is 4. The van der Waals surface area contributed by atoms with Gasteiger partial charge in [-0.3, -0.25) is 9.59 Å². The van der Waals surface area contributed by atoms with Crippen molar-refractivity contribution in [3.05, 3.63) is 53.5 Å². The molecule has 3 rings (SSSR count). The van der Waals surface area contributed by atoms with Crippen LogP contribution in [0.2, 0.25) is 0 Å². The smallest absolute Gasteiger partial charge is 0.418 e. The van der Waals surface area contributed by atoms with Crippen LogP contribution in [0.4, 0.5) is 18.9 Å². The van der Waals surface area contributed by atoms with Gasteiger partial charge in [-0.05, 0) is 18.2 Å². The number of rotatable bonds is 3. The molecule has 0 saturated carbocycles. The Morgan fingerprint density at radius 3 is 2.61 bits per heavy atom. The van der Waals surface area contributed by atoms with Gasteiger partial charge in [-0.1, -0.05) is 12.1 Å². The monoisotopic (exact) mass is 325 g/mol. The number of fused-ring (bicyclic) bond motifs is 1. The van der Waals surface area contributed by atoms with Crippen LogP contribution in [0.1, 0.15) is 28.1 Å². The molecule has 0 unspecified atom stereocenters. The van der Waals surface area contributed by atoms with Crippen LogP contribution < -0.4 is 5.32 Å². The van der Waals surface area contributed by atoms with Crippen LogP contribution in [-0.4, -0.2) is 16.8 Å². The minimum Gasteiger partial charge on any atom is -0.461 e. The fourth-order valence-corrected chi connectivity index (χ4v) is 2.54. The number of carbonyl (C=O) groups is 2. The second-order valence-electron chi connectivity index (χ2n) is 5.12. The van der Waals surface area contributed by atoms with Crippen molar-refractivity contribution in [2.75, 3.05) is 5.32 Å². The number of Topliss-reactive ketones (excluding diaryl/α,β-unsaturated/α-hetero) is 1. The summed E-state index contributed by atoms with van der Waals surface area (Å²) in [4.78, 5) is 24.1. The van der Waals surface area contributed by atoms with Gasteiger partial charge in [0, 0.05) is 5.56 Å². The average Bonchev–Trinajstić information content (AvgIpc) is 3.06. The zero-order valence-corrected chi connectivity index (χ0v) is 11.5. The Kier molecular flexibility index (Phi) is 3.29. The van der Waals surface area contributed by atoms with Gasteiger partial charge in [-0.15, -0.1) is 0 Å². The van der Waals surface area contributed by atoms with Crippen LogP contribution >= 0.6 is 0 Å². The summed E-state index contributed by atoms with van der Waals surface area (Å²) in [5.41, 5.74) is -4.26. The predicted octanol–water partition coefficient (Wildman–Crippen LogP) is 2.71. The van der Waals surface area contributed by atoms with Crippen molar-refractivity contribution in [2.24, 2.45) is 0 Å². The van der Waals surface area contributed by atoms with E-state index in [1.165, 1.54) is 24.5 Å². The molecule has 1 aliphatic heterocycles. The van der Waals surface area contributed by atoms with Crippen molar-refractivity contribution >= 4 is 17.4 Å². The summed E-state index contributed by atoms with van der Waals surface area (Å²) < 4.78 is 43.9. The van der Waals surface area contributed by atoms with Gasteiger partial charge < -0.3 is 14.8 Å². The third-order valence-corrected chi connectivity index (χ3v) is 3.64. The third-order valence-electron chi connectivity index (χ3n) is 3.64. The van der Waals surface area contributed by atoms with E-state index in [9.17, 15) is 27.9 Å². The standard InChI is InChI=1S/C15H10F3NO4/c16-15(17,18)9-4-1-3-8-12(9)19-13(21)14(8,22)7-10(20)11-5-2-6-23-11/h1-6,22H,7H2,(H,19,21)/t14-/m0/s1. The number of amides is 1. The van der Waals surface area contributed by atoms with Gasteiger partial charge in [0.25, 0.3) is 5.91 Å². The highest BCUT2D eigenvalue weighted by Crippen LogP contribution is 2.45. The Bertz CT molecular complexity index is 783. The second kappa shape index (κ2) is 4.95. The number of ketones is 1. The number of halogens is 3. The summed E-state index contributed by atoms with van der Waals surface area (Å²) in [5, 5.41) is 12.6. The lowest BCUT2D eigenvalue weighted by molar-refractivity contribution is -0.137. The average molecular weight is 325 g/mol. The molecule has 23 heavy (non-hydrogen) atoms. The van der Waals surface area contributed by atoms with E-state index < -0.39 is 41.1 Å². The maximum atomic E-state index is 13.0. The molecule has 2 N–H and O–H groups in total. The molecule has 0 saturated heterocycles. The van der Waals surface area contributed by atoms with Gasteiger partial charge in [0.1, 0.15) is 0 Å². The Morgan fingerprint density at radius 1 is 1.26 bits per heavy atom. The summed E-state index contributed by atoms with van der Waals surface area (Å²) in [5.74, 6) is -1.87. The number of alkyl halides is 3. The zero-order valence-electron chi connectivity index (χ0n) is 11.5. The van der Waals surface area contributed by atoms with E-state index in [1.54, 1.807) is 0 Å². The fourth-order valence-electron chi connectivity index (χ4n) is 2.54. The largest absolute Gasteiger partial charge is 0.461 e. The second-order valence-corrected chi connectivity index (χ2v) is 5.12. The molecule has 8 heteroatoms. The Balaban J connectivity index is 2.03. The van der Waals surface area contributed by atoms with Crippen molar-refractivity contribution in [1.29, 1.82) is 0 Å². The number of hydrogen-bond donors (Lipinski definition) is 2. The summed E-state index contributed by atoms with van der Waals surface area (Å²) in [6, 6.07) is 5.83. The van der Waals surface area contributed by atoms with Crippen LogP contribution in [-0.2, 0) is 16.6 Å². The molecule has 2 heterocycles. The highest BCUT2D eigenvalue weighted by molar-refractivity contribution is 6.09. The Morgan fingerprint density at radius 2 is 2.00 bits per heavy atom. The van der Waals surface area contributed by atoms with Crippen LogP contribution in [0.15, 0.2) is 41.0 Å². The van der Waals surface area contributed by atoms with Crippen LogP contribution in [0, 0.1) is 0 Å². The van der Waals surface area contributed by atoms with E-state index >= 15 is 0 Å². The Labute approximate surface area is 127 Å². The SMILES string of the molecule is O=C(C[C@@]1(O)C(=O)Nc2c(C(F)(F)F)cccc21)c1ccco1. The lowest BCUT2D eigenvalue weighted by Crippen LogP contribution is -2.36. The molecule has 1 aliphatic rings. The van der Waals surface area contributed by atoms with Crippen LogP contribution in [0.25, 0.3) is 0 Å². The van der Waals surface area contributed by atoms with Gasteiger partial charge in [0.15, 0.2) is 11.4 Å². The lowest BCUT2D eigenvalue weighted by atomic mass is 9.88. The zero-order chi connectivity index (χ0) is 16.8. The molecule has 5 nitrogen and oxygen atoms in total. The number of nitrogens with one attached hydrogen (secondary N) is 1. The van der Waals surface area contributed by atoms with Crippen LogP contribution in [0.3, 0.4) is 0 Å². The van der Waals surface area contributed by atoms with E-state index in [4.69, 9.17) is 4.42 Å². The van der Waals surface area contributed by atoms with Gasteiger partial charge in [-0.25, -0.2) is 0 Å². The molecule has 2 aromatic rings. The van der Waals surface area contributed by atoms with Crippen LogP contribution in [0.5, 0.6) is 0 Å². The van der Waals surface area contributed by atoms with E-state index in [0.717, 1.165) is 12.1 Å². The summed E-state index contributed by atoms with van der Waals surface area (Å²) in [7, 11) is 0. The maximum absolute atomic E-state index is 13.0. The van der Waals surface area contributed by atoms with Gasteiger partial charge >= 0.3 is 6.18 Å². The Hall–Kier alpha value is -2.61. The molecule has 0 radical (unpaired) electrons. The minimum atomic E-state index is -4.70. The molecule has 1 atom stereocenters. The first-order valence-corrected chi connectivity index (χ1v) is 6.55. The van der Waals surface area contributed by atoms with E-state index in [0.29, 0.717) is 0 Å². The van der Waals surface area contributed by atoms with E-state index in [-0.39, 0.29) is 11.3 Å². The van der Waals surface area contributed by atoms with Crippen molar-refractivity contribution in [1.82, 2.24) is 0 Å². The summed E-state index contributed by atoms with van der Waals surface area (Å²) in [6.45, 7) is 0. The summed E-state index contributed by atoms with van der Waals surface area (Å²) >= 11 is 0. The van der Waals surface area contributed by atoms with Gasteiger partial charge in [0.05, 0.1) is 23.9 Å². The molecule has 0 fully saturated rings. The molecule has 1 aromatic heterocycles. The van der Waals surface area contributed by atoms with Crippen molar-refractivity contribution < 1.29 is 32.3 Å². The topological polar surface area (TPSA) is 79.5 Å². The minimum absolute atomic E-state index is 0.0911. The number of carbonyl (C=O) groups excluding carboxylic acids is 2. The number of furan rings is 1. The maximum Gasteiger partial charge on any atom is 0.418 e. The third kappa shape index (κ3) is 2.40. The highest BCUT2D eigenvalue weighted by Gasteiger charge is 2.50. The number of aliphatic hydroxyl groups is 1. The van der Waals surface area contributed by atoms with Crippen molar-refractivity contribution in [3.63, 3.8) is 0 Å². The number of anilines is 1. The molecule has 0 bridgehead atoms. The van der Waals surface area contributed by atoms with Gasteiger partial charge in [-0.2, -0.15) is 13.2 Å².